The fourth-order valence-corrected chi connectivity index (χ4v) is 2.63. The van der Waals surface area contributed by atoms with Crippen LogP contribution in [0.1, 0.15) is 15.9 Å². The minimum atomic E-state index is -4.60. The second-order valence-electron chi connectivity index (χ2n) is 3.91. The Labute approximate surface area is 126 Å². The van der Waals surface area contributed by atoms with Crippen LogP contribution in [0, 0.1) is 0 Å². The van der Waals surface area contributed by atoms with Crippen molar-refractivity contribution in [1.29, 1.82) is 0 Å². The molecule has 0 amide bonds. The third-order valence-corrected chi connectivity index (χ3v) is 3.98. The number of carbonyl (C=O) groups is 1. The SMILES string of the molecule is O=C(O)c1cc(C(F)(F)F)ccc1Sc1ncccc1Cl. The number of benzene rings is 1. The number of rotatable bonds is 3. The predicted molar refractivity (Wildman–Crippen MR) is 71.8 cm³/mol. The van der Waals surface area contributed by atoms with Gasteiger partial charge in [0.1, 0.15) is 5.03 Å². The monoisotopic (exact) mass is 333 g/mol. The summed E-state index contributed by atoms with van der Waals surface area (Å²) in [6, 6.07) is 5.67. The smallest absolute Gasteiger partial charge is 0.416 e. The van der Waals surface area contributed by atoms with E-state index < -0.39 is 23.3 Å². The average molecular weight is 334 g/mol. The summed E-state index contributed by atoms with van der Waals surface area (Å²) in [5, 5.41) is 9.68. The van der Waals surface area contributed by atoms with Crippen LogP contribution in [0.3, 0.4) is 0 Å². The Kier molecular flexibility index (Phi) is 4.43. The van der Waals surface area contributed by atoms with E-state index in [0.29, 0.717) is 16.1 Å². The molecule has 0 aliphatic carbocycles. The topological polar surface area (TPSA) is 50.2 Å². The van der Waals surface area contributed by atoms with Crippen molar-refractivity contribution in [1.82, 2.24) is 4.98 Å². The van der Waals surface area contributed by atoms with E-state index in [1.165, 1.54) is 6.20 Å². The number of alkyl halides is 3. The number of nitrogens with zero attached hydrogens (tertiary/aromatic N) is 1. The molecule has 0 aliphatic heterocycles. The minimum Gasteiger partial charge on any atom is -0.478 e. The Morgan fingerprint density at radius 3 is 2.57 bits per heavy atom. The first-order chi connectivity index (χ1) is 9.79. The molecule has 1 N–H and O–H groups in total. The lowest BCUT2D eigenvalue weighted by atomic mass is 10.1. The molecule has 0 spiro atoms. The van der Waals surface area contributed by atoms with Gasteiger partial charge < -0.3 is 5.11 Å². The largest absolute Gasteiger partial charge is 0.478 e. The number of pyridine rings is 1. The number of carboxylic acid groups (broad SMARTS) is 1. The Morgan fingerprint density at radius 1 is 1.29 bits per heavy atom. The van der Waals surface area contributed by atoms with Gasteiger partial charge in [-0.25, -0.2) is 9.78 Å². The number of halogens is 4. The van der Waals surface area contributed by atoms with Gasteiger partial charge in [-0.15, -0.1) is 0 Å². The summed E-state index contributed by atoms with van der Waals surface area (Å²) in [4.78, 5) is 15.2. The second-order valence-corrected chi connectivity index (χ2v) is 5.34. The molecule has 0 saturated heterocycles. The molecule has 0 aliphatic rings. The van der Waals surface area contributed by atoms with E-state index in [4.69, 9.17) is 16.7 Å². The van der Waals surface area contributed by atoms with Crippen LogP contribution in [0.4, 0.5) is 13.2 Å². The molecule has 0 atom stereocenters. The van der Waals surface area contributed by atoms with Crippen LogP contribution in [-0.4, -0.2) is 16.1 Å². The van der Waals surface area contributed by atoms with Gasteiger partial charge in [-0.2, -0.15) is 13.2 Å². The number of carboxylic acids is 1. The van der Waals surface area contributed by atoms with Gasteiger partial charge >= 0.3 is 12.1 Å². The number of hydrogen-bond donors (Lipinski definition) is 1. The average Bonchev–Trinajstić information content (AvgIpc) is 2.40. The molecule has 2 aromatic rings. The number of aromatic carboxylic acids is 1. The van der Waals surface area contributed by atoms with E-state index in [9.17, 15) is 18.0 Å². The van der Waals surface area contributed by atoms with Crippen molar-refractivity contribution in [3.05, 3.63) is 52.7 Å². The van der Waals surface area contributed by atoms with Crippen LogP contribution in [0.25, 0.3) is 0 Å². The van der Waals surface area contributed by atoms with Gasteiger partial charge in [0.05, 0.1) is 16.1 Å². The molecule has 1 aromatic carbocycles. The zero-order valence-corrected chi connectivity index (χ0v) is 11.8. The van der Waals surface area contributed by atoms with E-state index in [2.05, 4.69) is 4.98 Å². The zero-order chi connectivity index (χ0) is 15.6. The van der Waals surface area contributed by atoms with Crippen molar-refractivity contribution in [3.63, 3.8) is 0 Å². The zero-order valence-electron chi connectivity index (χ0n) is 10.2. The summed E-state index contributed by atoms with van der Waals surface area (Å²) < 4.78 is 37.9. The van der Waals surface area contributed by atoms with E-state index in [1.54, 1.807) is 12.1 Å². The molecular weight excluding hydrogens is 327 g/mol. The lowest BCUT2D eigenvalue weighted by Gasteiger charge is -2.11. The summed E-state index contributed by atoms with van der Waals surface area (Å²) in [5.74, 6) is -1.45. The normalized spacial score (nSPS) is 11.4. The highest BCUT2D eigenvalue weighted by Crippen LogP contribution is 2.37. The Balaban J connectivity index is 2.45. The molecule has 21 heavy (non-hydrogen) atoms. The van der Waals surface area contributed by atoms with Gasteiger partial charge in [-0.3, -0.25) is 0 Å². The first-order valence-corrected chi connectivity index (χ1v) is 6.71. The third-order valence-electron chi connectivity index (χ3n) is 2.47. The Morgan fingerprint density at radius 2 is 2.00 bits per heavy atom. The molecule has 8 heteroatoms. The van der Waals surface area contributed by atoms with Gasteiger partial charge in [0, 0.05) is 11.1 Å². The van der Waals surface area contributed by atoms with Crippen LogP contribution in [-0.2, 0) is 6.18 Å². The summed E-state index contributed by atoms with van der Waals surface area (Å²) in [7, 11) is 0. The Bertz CT molecular complexity index is 691. The van der Waals surface area contributed by atoms with Crippen molar-refractivity contribution in [3.8, 4) is 0 Å². The lowest BCUT2D eigenvalue weighted by Crippen LogP contribution is -2.08. The van der Waals surface area contributed by atoms with E-state index in [1.807, 2.05) is 0 Å². The van der Waals surface area contributed by atoms with E-state index in [-0.39, 0.29) is 4.90 Å². The van der Waals surface area contributed by atoms with Crippen molar-refractivity contribution in [2.45, 2.75) is 16.1 Å². The van der Waals surface area contributed by atoms with Crippen molar-refractivity contribution < 1.29 is 23.1 Å². The highest BCUT2D eigenvalue weighted by Gasteiger charge is 2.32. The molecule has 2 rings (SSSR count). The second kappa shape index (κ2) is 5.95. The number of aromatic nitrogens is 1. The highest BCUT2D eigenvalue weighted by molar-refractivity contribution is 7.99. The maximum Gasteiger partial charge on any atom is 0.416 e. The quantitative estimate of drug-likeness (QED) is 0.891. The molecule has 0 bridgehead atoms. The van der Waals surface area contributed by atoms with Gasteiger partial charge in [-0.1, -0.05) is 23.4 Å². The fraction of sp³-hybridized carbons (Fsp3) is 0.0769. The van der Waals surface area contributed by atoms with Gasteiger partial charge in [0.25, 0.3) is 0 Å². The maximum atomic E-state index is 12.6. The molecule has 0 saturated carbocycles. The first-order valence-electron chi connectivity index (χ1n) is 5.52. The standard InChI is InChI=1S/C13H7ClF3NO2S/c14-9-2-1-5-18-11(9)21-10-4-3-7(13(15,16)17)6-8(10)12(19)20/h1-6H,(H,19,20). The molecule has 110 valence electrons. The summed E-state index contributed by atoms with van der Waals surface area (Å²) in [6.45, 7) is 0. The van der Waals surface area contributed by atoms with Crippen molar-refractivity contribution in [2.75, 3.05) is 0 Å². The van der Waals surface area contributed by atoms with Crippen LogP contribution >= 0.6 is 23.4 Å². The molecule has 0 unspecified atom stereocenters. The van der Waals surface area contributed by atoms with Gasteiger partial charge in [-0.05, 0) is 30.3 Å². The molecule has 0 radical (unpaired) electrons. The van der Waals surface area contributed by atoms with Crippen molar-refractivity contribution >= 4 is 29.3 Å². The van der Waals surface area contributed by atoms with E-state index in [0.717, 1.165) is 23.9 Å². The van der Waals surface area contributed by atoms with Gasteiger partial charge in [0.15, 0.2) is 0 Å². The molecule has 3 nitrogen and oxygen atoms in total. The maximum absolute atomic E-state index is 12.6. The first kappa shape index (κ1) is 15.7. The van der Waals surface area contributed by atoms with Crippen LogP contribution < -0.4 is 0 Å². The summed E-state index contributed by atoms with van der Waals surface area (Å²) in [6.07, 6.45) is -3.14. The van der Waals surface area contributed by atoms with Gasteiger partial charge in [0.2, 0.25) is 0 Å². The minimum absolute atomic E-state index is 0.135. The molecular formula is C13H7ClF3NO2S. The lowest BCUT2D eigenvalue weighted by molar-refractivity contribution is -0.137. The fourth-order valence-electron chi connectivity index (χ4n) is 1.51. The molecule has 1 heterocycles. The highest BCUT2D eigenvalue weighted by atomic mass is 35.5. The van der Waals surface area contributed by atoms with Crippen molar-refractivity contribution in [2.24, 2.45) is 0 Å². The third kappa shape index (κ3) is 3.68. The van der Waals surface area contributed by atoms with Crippen LogP contribution in [0.2, 0.25) is 5.02 Å². The summed E-state index contributed by atoms with van der Waals surface area (Å²) >= 11 is 6.80. The number of hydrogen-bond acceptors (Lipinski definition) is 3. The van der Waals surface area contributed by atoms with E-state index >= 15 is 0 Å². The Hall–Kier alpha value is -1.73. The predicted octanol–water partition coefficient (Wildman–Crippen LogP) is 4.60. The van der Waals surface area contributed by atoms with Crippen LogP contribution in [0.5, 0.6) is 0 Å². The summed E-state index contributed by atoms with van der Waals surface area (Å²) in [5.41, 5.74) is -1.46. The van der Waals surface area contributed by atoms with Crippen LogP contribution in [0.15, 0.2) is 46.5 Å². The molecule has 1 aromatic heterocycles. The molecule has 0 fully saturated rings.